The normalized spacial score (nSPS) is 10.8. The topological polar surface area (TPSA) is 44.4 Å². The molecule has 2 N–H and O–H groups in total. The Morgan fingerprint density at radius 2 is 2.05 bits per heavy atom. The number of carbonyl (C=O) groups excluding carboxylic acids is 1. The van der Waals surface area contributed by atoms with E-state index in [0.29, 0.717) is 12.6 Å². The summed E-state index contributed by atoms with van der Waals surface area (Å²) in [5.41, 5.74) is 3.58. The van der Waals surface area contributed by atoms with Crippen molar-refractivity contribution in [1.29, 1.82) is 0 Å². The number of carbonyl (C=O) groups is 1. The minimum atomic E-state index is 0.0719. The maximum atomic E-state index is 11.9. The number of likely N-dealkylation sites (N-methyl/N-ethyl adjacent to an activating group) is 1. The molecule has 0 fully saturated rings. The summed E-state index contributed by atoms with van der Waals surface area (Å²) >= 11 is 0. The van der Waals surface area contributed by atoms with Crippen molar-refractivity contribution in [1.82, 2.24) is 10.6 Å². The molecule has 0 radical (unpaired) electrons. The molecule has 4 heteroatoms. The third-order valence-electron chi connectivity index (χ3n) is 3.30. The highest BCUT2D eigenvalue weighted by atomic mass is 16.2. The molecular formula is C17H29N3O. The minimum Gasteiger partial charge on any atom is -0.365 e. The first-order valence-electron chi connectivity index (χ1n) is 7.74. The molecular weight excluding hydrogens is 262 g/mol. The molecule has 0 aromatic heterocycles. The maximum absolute atomic E-state index is 11.9. The highest BCUT2D eigenvalue weighted by Gasteiger charge is 2.11. The molecule has 0 spiro atoms. The Morgan fingerprint density at radius 3 is 2.67 bits per heavy atom. The molecule has 0 aliphatic carbocycles. The van der Waals surface area contributed by atoms with Gasteiger partial charge in [-0.1, -0.05) is 38.5 Å². The van der Waals surface area contributed by atoms with Gasteiger partial charge in [0.15, 0.2) is 0 Å². The molecule has 0 aliphatic heterocycles. The summed E-state index contributed by atoms with van der Waals surface area (Å²) in [5, 5.41) is 6.36. The highest BCUT2D eigenvalue weighted by Crippen LogP contribution is 2.21. The third kappa shape index (κ3) is 6.17. The zero-order valence-corrected chi connectivity index (χ0v) is 14.0. The molecule has 0 atom stereocenters. The van der Waals surface area contributed by atoms with Crippen LogP contribution < -0.4 is 15.5 Å². The molecule has 0 saturated heterocycles. The predicted molar refractivity (Wildman–Crippen MR) is 89.7 cm³/mol. The van der Waals surface area contributed by atoms with Crippen molar-refractivity contribution in [2.45, 2.75) is 46.7 Å². The fraction of sp³-hybridized carbons (Fsp3) is 0.588. The van der Waals surface area contributed by atoms with Crippen molar-refractivity contribution in [3.8, 4) is 0 Å². The van der Waals surface area contributed by atoms with Gasteiger partial charge in [-0.25, -0.2) is 0 Å². The standard InChI is InChI=1S/C17H29N3O/c1-6-9-18-17(21)12-20(5)16-8-7-14(4)10-15(16)11-19-13(2)3/h7-8,10,13,19H,6,9,11-12H2,1-5H3,(H,18,21). The molecule has 4 nitrogen and oxygen atoms in total. The molecule has 1 aromatic rings. The second kappa shape index (κ2) is 8.67. The summed E-state index contributed by atoms with van der Waals surface area (Å²) in [6, 6.07) is 6.82. The summed E-state index contributed by atoms with van der Waals surface area (Å²) in [7, 11) is 1.97. The number of nitrogens with zero attached hydrogens (tertiary/aromatic N) is 1. The second-order valence-electron chi connectivity index (χ2n) is 5.87. The molecule has 0 heterocycles. The van der Waals surface area contributed by atoms with Gasteiger partial charge in [0.05, 0.1) is 6.54 Å². The quantitative estimate of drug-likeness (QED) is 0.773. The average Bonchev–Trinajstić information content (AvgIpc) is 2.42. The van der Waals surface area contributed by atoms with Crippen LogP contribution in [0, 0.1) is 6.92 Å². The van der Waals surface area contributed by atoms with E-state index >= 15 is 0 Å². The Labute approximate surface area is 128 Å². The average molecular weight is 291 g/mol. The van der Waals surface area contributed by atoms with Gasteiger partial charge < -0.3 is 15.5 Å². The molecule has 0 unspecified atom stereocenters. The van der Waals surface area contributed by atoms with E-state index in [9.17, 15) is 4.79 Å². The van der Waals surface area contributed by atoms with Crippen LogP contribution in [0.2, 0.25) is 0 Å². The number of hydrogen-bond donors (Lipinski definition) is 2. The smallest absolute Gasteiger partial charge is 0.239 e. The van der Waals surface area contributed by atoms with Crippen molar-refractivity contribution in [3.05, 3.63) is 29.3 Å². The van der Waals surface area contributed by atoms with Gasteiger partial charge in [-0.2, -0.15) is 0 Å². The van der Waals surface area contributed by atoms with Crippen LogP contribution in [0.15, 0.2) is 18.2 Å². The van der Waals surface area contributed by atoms with Crippen LogP contribution >= 0.6 is 0 Å². The fourth-order valence-electron chi connectivity index (χ4n) is 2.16. The Balaban J connectivity index is 2.77. The Morgan fingerprint density at radius 1 is 1.33 bits per heavy atom. The molecule has 118 valence electrons. The summed E-state index contributed by atoms with van der Waals surface area (Å²) in [6.45, 7) is 10.4. The zero-order valence-electron chi connectivity index (χ0n) is 14.0. The molecule has 21 heavy (non-hydrogen) atoms. The fourth-order valence-corrected chi connectivity index (χ4v) is 2.16. The number of amides is 1. The van der Waals surface area contributed by atoms with Gasteiger partial charge in [-0.3, -0.25) is 4.79 Å². The van der Waals surface area contributed by atoms with Gasteiger partial charge in [0, 0.05) is 31.9 Å². The lowest BCUT2D eigenvalue weighted by atomic mass is 10.1. The minimum absolute atomic E-state index is 0.0719. The van der Waals surface area contributed by atoms with Crippen LogP contribution in [0.1, 0.15) is 38.3 Å². The van der Waals surface area contributed by atoms with Crippen LogP contribution in [-0.4, -0.2) is 32.1 Å². The predicted octanol–water partition coefficient (Wildman–Crippen LogP) is 2.46. The third-order valence-corrected chi connectivity index (χ3v) is 3.30. The molecule has 1 aromatic carbocycles. The van der Waals surface area contributed by atoms with Crippen molar-refractivity contribution < 1.29 is 4.79 Å². The van der Waals surface area contributed by atoms with E-state index in [0.717, 1.165) is 25.2 Å². The Bertz CT molecular complexity index is 457. The largest absolute Gasteiger partial charge is 0.365 e. The van der Waals surface area contributed by atoms with Gasteiger partial charge in [-0.05, 0) is 25.0 Å². The van der Waals surface area contributed by atoms with E-state index in [1.807, 2.05) is 11.9 Å². The molecule has 0 bridgehead atoms. The number of aryl methyl sites for hydroxylation is 1. The first kappa shape index (κ1) is 17.5. The van der Waals surface area contributed by atoms with E-state index in [4.69, 9.17) is 0 Å². The van der Waals surface area contributed by atoms with E-state index in [1.54, 1.807) is 0 Å². The number of rotatable bonds is 8. The van der Waals surface area contributed by atoms with Gasteiger partial charge >= 0.3 is 0 Å². The molecule has 0 aliphatic rings. The summed E-state index contributed by atoms with van der Waals surface area (Å²) in [4.78, 5) is 13.9. The summed E-state index contributed by atoms with van der Waals surface area (Å²) in [5.74, 6) is 0.0719. The van der Waals surface area contributed by atoms with E-state index in [2.05, 4.69) is 56.5 Å². The lowest BCUT2D eigenvalue weighted by molar-refractivity contribution is -0.119. The van der Waals surface area contributed by atoms with Crippen molar-refractivity contribution in [3.63, 3.8) is 0 Å². The number of benzene rings is 1. The van der Waals surface area contributed by atoms with Gasteiger partial charge in [0.25, 0.3) is 0 Å². The number of hydrogen-bond acceptors (Lipinski definition) is 3. The van der Waals surface area contributed by atoms with Gasteiger partial charge in [-0.15, -0.1) is 0 Å². The SMILES string of the molecule is CCCNC(=O)CN(C)c1ccc(C)cc1CNC(C)C. The maximum Gasteiger partial charge on any atom is 0.239 e. The second-order valence-corrected chi connectivity index (χ2v) is 5.87. The van der Waals surface area contributed by atoms with Crippen LogP contribution in [0.4, 0.5) is 5.69 Å². The van der Waals surface area contributed by atoms with Crippen LogP contribution in [0.5, 0.6) is 0 Å². The Hall–Kier alpha value is -1.55. The van der Waals surface area contributed by atoms with Crippen LogP contribution in [0.25, 0.3) is 0 Å². The van der Waals surface area contributed by atoms with Crippen molar-refractivity contribution in [2.24, 2.45) is 0 Å². The number of nitrogens with one attached hydrogen (secondary N) is 2. The van der Waals surface area contributed by atoms with Crippen LogP contribution in [-0.2, 0) is 11.3 Å². The number of anilines is 1. The summed E-state index contributed by atoms with van der Waals surface area (Å²) < 4.78 is 0. The lowest BCUT2D eigenvalue weighted by Crippen LogP contribution is -2.36. The van der Waals surface area contributed by atoms with Gasteiger partial charge in [0.1, 0.15) is 0 Å². The lowest BCUT2D eigenvalue weighted by Gasteiger charge is -2.23. The van der Waals surface area contributed by atoms with Gasteiger partial charge in [0.2, 0.25) is 5.91 Å². The highest BCUT2D eigenvalue weighted by molar-refractivity contribution is 5.81. The molecule has 1 rings (SSSR count). The van der Waals surface area contributed by atoms with Crippen molar-refractivity contribution >= 4 is 11.6 Å². The monoisotopic (exact) mass is 291 g/mol. The molecule has 1 amide bonds. The summed E-state index contributed by atoms with van der Waals surface area (Å²) in [6.07, 6.45) is 0.962. The first-order valence-corrected chi connectivity index (χ1v) is 7.74. The van der Waals surface area contributed by atoms with Crippen LogP contribution in [0.3, 0.4) is 0 Å². The zero-order chi connectivity index (χ0) is 15.8. The van der Waals surface area contributed by atoms with E-state index in [-0.39, 0.29) is 5.91 Å². The molecule has 0 saturated carbocycles. The van der Waals surface area contributed by atoms with Crippen molar-refractivity contribution in [2.75, 3.05) is 25.0 Å². The Kier molecular flexibility index (Phi) is 7.23. The van der Waals surface area contributed by atoms with E-state index in [1.165, 1.54) is 11.1 Å². The first-order chi connectivity index (χ1) is 9.93. The van der Waals surface area contributed by atoms with E-state index < -0.39 is 0 Å².